The summed E-state index contributed by atoms with van der Waals surface area (Å²) in [5.74, 6) is 1.57. The number of hydrogen-bond donors (Lipinski definition) is 0. The van der Waals surface area contributed by atoms with Crippen molar-refractivity contribution in [2.75, 3.05) is 13.2 Å². The number of ether oxygens (including phenoxy) is 2. The molecule has 1 atom stereocenters. The Labute approximate surface area is 187 Å². The zero-order valence-electron chi connectivity index (χ0n) is 19.0. The van der Waals surface area contributed by atoms with E-state index in [-0.39, 0.29) is 12.2 Å². The Balaban J connectivity index is 1.52. The molecular weight excluding hydrogens is 382 g/mol. The zero-order chi connectivity index (χ0) is 21.6. The molecule has 2 aliphatic rings. The third kappa shape index (κ3) is 5.20. The summed E-state index contributed by atoms with van der Waals surface area (Å²) in [4.78, 5) is 0. The Hall–Kier alpha value is -2.15. The fourth-order valence-corrected chi connectivity index (χ4v) is 5.23. The maximum atomic E-state index is 9.00. The van der Waals surface area contributed by atoms with Gasteiger partial charge in [0.2, 0.25) is 0 Å². The van der Waals surface area contributed by atoms with Crippen LogP contribution in [0.3, 0.4) is 0 Å². The Morgan fingerprint density at radius 3 is 2.29 bits per heavy atom. The van der Waals surface area contributed by atoms with Gasteiger partial charge in [-0.2, -0.15) is 5.26 Å². The molecule has 2 fully saturated rings. The van der Waals surface area contributed by atoms with Crippen molar-refractivity contribution in [1.29, 1.82) is 5.26 Å². The molecule has 1 unspecified atom stereocenters. The molecule has 2 aromatic rings. The molecule has 31 heavy (non-hydrogen) atoms. The minimum Gasteiger partial charge on any atom is -0.348 e. The number of benzene rings is 2. The predicted molar refractivity (Wildman–Crippen MR) is 124 cm³/mol. The standard InChI is InChI=1S/C28H35NO2/c1-3-7-20(2)24-14-15-26(27(16-24)22-8-5-4-6-9-22)25-18-30-28(31-19-25)23-12-10-21(17-29)11-13-23/h10-16,20,22,25,28H,3-9,18-19H2,1-2H3. The first-order chi connectivity index (χ1) is 15.2. The van der Waals surface area contributed by atoms with Crippen molar-refractivity contribution in [3.8, 4) is 6.07 Å². The molecular formula is C28H35NO2. The highest BCUT2D eigenvalue weighted by Crippen LogP contribution is 2.40. The molecule has 1 aliphatic heterocycles. The van der Waals surface area contributed by atoms with Gasteiger partial charge in [-0.25, -0.2) is 0 Å². The number of rotatable bonds is 6. The van der Waals surface area contributed by atoms with Gasteiger partial charge < -0.3 is 9.47 Å². The Kier molecular flexibility index (Phi) is 7.43. The number of nitriles is 1. The lowest BCUT2D eigenvalue weighted by Gasteiger charge is -2.33. The van der Waals surface area contributed by atoms with Crippen LogP contribution < -0.4 is 0 Å². The smallest absolute Gasteiger partial charge is 0.183 e. The lowest BCUT2D eigenvalue weighted by molar-refractivity contribution is -0.191. The summed E-state index contributed by atoms with van der Waals surface area (Å²) in [6.07, 6.45) is 8.80. The summed E-state index contributed by atoms with van der Waals surface area (Å²) in [6, 6.07) is 16.9. The van der Waals surface area contributed by atoms with Gasteiger partial charge >= 0.3 is 0 Å². The monoisotopic (exact) mass is 417 g/mol. The highest BCUT2D eigenvalue weighted by atomic mass is 16.7. The molecule has 4 rings (SSSR count). The summed E-state index contributed by atoms with van der Waals surface area (Å²) < 4.78 is 12.3. The Morgan fingerprint density at radius 2 is 1.65 bits per heavy atom. The van der Waals surface area contributed by atoms with E-state index < -0.39 is 0 Å². The van der Waals surface area contributed by atoms with E-state index in [0.29, 0.717) is 30.6 Å². The van der Waals surface area contributed by atoms with Crippen LogP contribution in [0.5, 0.6) is 0 Å². The molecule has 1 saturated heterocycles. The first-order valence-electron chi connectivity index (χ1n) is 12.1. The van der Waals surface area contributed by atoms with Crippen LogP contribution in [-0.2, 0) is 9.47 Å². The van der Waals surface area contributed by atoms with Crippen LogP contribution in [0, 0.1) is 11.3 Å². The topological polar surface area (TPSA) is 42.2 Å². The fourth-order valence-electron chi connectivity index (χ4n) is 5.23. The minimum atomic E-state index is -0.342. The zero-order valence-corrected chi connectivity index (χ0v) is 19.0. The van der Waals surface area contributed by atoms with E-state index in [1.165, 1.54) is 56.1 Å². The van der Waals surface area contributed by atoms with Crippen molar-refractivity contribution in [2.24, 2.45) is 0 Å². The highest BCUT2D eigenvalue weighted by Gasteiger charge is 2.29. The lowest BCUT2D eigenvalue weighted by Crippen LogP contribution is -2.27. The van der Waals surface area contributed by atoms with Crippen molar-refractivity contribution < 1.29 is 9.47 Å². The summed E-state index contributed by atoms with van der Waals surface area (Å²) in [5, 5.41) is 9.00. The molecule has 1 saturated carbocycles. The number of nitrogens with zero attached hydrogens (tertiary/aromatic N) is 1. The lowest BCUT2D eigenvalue weighted by atomic mass is 9.78. The SMILES string of the molecule is CCCC(C)c1ccc(C2COC(c3ccc(C#N)cc3)OC2)c(C2CCCCC2)c1. The highest BCUT2D eigenvalue weighted by molar-refractivity contribution is 5.39. The first-order valence-corrected chi connectivity index (χ1v) is 12.1. The van der Waals surface area contributed by atoms with Crippen LogP contribution in [0.4, 0.5) is 0 Å². The normalized spacial score (nSPS) is 23.3. The van der Waals surface area contributed by atoms with Gasteiger partial charge in [-0.1, -0.05) is 69.9 Å². The van der Waals surface area contributed by atoms with Gasteiger partial charge in [0.25, 0.3) is 0 Å². The largest absolute Gasteiger partial charge is 0.348 e. The predicted octanol–water partition coefficient (Wildman–Crippen LogP) is 7.34. The van der Waals surface area contributed by atoms with Crippen molar-refractivity contribution >= 4 is 0 Å². The van der Waals surface area contributed by atoms with Gasteiger partial charge in [0.15, 0.2) is 6.29 Å². The average Bonchev–Trinajstić information content (AvgIpc) is 2.84. The molecule has 2 aromatic carbocycles. The second-order valence-corrected chi connectivity index (χ2v) is 9.34. The maximum Gasteiger partial charge on any atom is 0.183 e. The molecule has 3 heteroatoms. The van der Waals surface area contributed by atoms with E-state index in [9.17, 15) is 0 Å². The fraction of sp³-hybridized carbons (Fsp3) is 0.536. The summed E-state index contributed by atoms with van der Waals surface area (Å²) in [5.41, 5.74) is 6.10. The van der Waals surface area contributed by atoms with E-state index >= 15 is 0 Å². The third-order valence-electron chi connectivity index (χ3n) is 7.10. The molecule has 0 bridgehead atoms. The van der Waals surface area contributed by atoms with Crippen LogP contribution in [0.15, 0.2) is 42.5 Å². The Bertz CT molecular complexity index is 884. The Morgan fingerprint density at radius 1 is 0.935 bits per heavy atom. The van der Waals surface area contributed by atoms with Crippen molar-refractivity contribution in [3.63, 3.8) is 0 Å². The molecule has 3 nitrogen and oxygen atoms in total. The molecule has 0 N–H and O–H groups in total. The van der Waals surface area contributed by atoms with E-state index in [0.717, 1.165) is 5.56 Å². The number of hydrogen-bond acceptors (Lipinski definition) is 3. The quantitative estimate of drug-likeness (QED) is 0.494. The molecule has 0 radical (unpaired) electrons. The van der Waals surface area contributed by atoms with Gasteiger partial charge in [-0.3, -0.25) is 0 Å². The molecule has 1 aliphatic carbocycles. The van der Waals surface area contributed by atoms with Crippen molar-refractivity contribution in [1.82, 2.24) is 0 Å². The van der Waals surface area contributed by atoms with Crippen LogP contribution >= 0.6 is 0 Å². The van der Waals surface area contributed by atoms with Gasteiger partial charge in [0.1, 0.15) is 0 Å². The van der Waals surface area contributed by atoms with Crippen molar-refractivity contribution in [2.45, 2.75) is 82.8 Å². The van der Waals surface area contributed by atoms with Crippen molar-refractivity contribution in [3.05, 3.63) is 70.3 Å². The molecule has 0 amide bonds. The van der Waals surface area contributed by atoms with Gasteiger partial charge in [0.05, 0.1) is 24.8 Å². The molecule has 0 aromatic heterocycles. The summed E-state index contributed by atoms with van der Waals surface area (Å²) >= 11 is 0. The third-order valence-corrected chi connectivity index (χ3v) is 7.10. The average molecular weight is 418 g/mol. The van der Waals surface area contributed by atoms with E-state index in [1.54, 1.807) is 5.56 Å². The summed E-state index contributed by atoms with van der Waals surface area (Å²) in [6.45, 7) is 5.98. The van der Waals surface area contributed by atoms with Gasteiger partial charge in [-0.15, -0.1) is 0 Å². The second kappa shape index (κ2) is 10.4. The molecule has 164 valence electrons. The van der Waals surface area contributed by atoms with Crippen LogP contribution in [-0.4, -0.2) is 13.2 Å². The van der Waals surface area contributed by atoms with Crippen LogP contribution in [0.2, 0.25) is 0 Å². The summed E-state index contributed by atoms with van der Waals surface area (Å²) in [7, 11) is 0. The minimum absolute atomic E-state index is 0.280. The molecule has 1 heterocycles. The van der Waals surface area contributed by atoms with Gasteiger partial charge in [-0.05, 0) is 59.9 Å². The van der Waals surface area contributed by atoms with E-state index in [4.69, 9.17) is 14.7 Å². The maximum absolute atomic E-state index is 9.00. The van der Waals surface area contributed by atoms with Gasteiger partial charge in [0, 0.05) is 11.5 Å². The molecule has 0 spiro atoms. The van der Waals surface area contributed by atoms with E-state index in [1.807, 2.05) is 24.3 Å². The van der Waals surface area contributed by atoms with Crippen LogP contribution in [0.1, 0.15) is 111 Å². The van der Waals surface area contributed by atoms with E-state index in [2.05, 4.69) is 38.1 Å². The van der Waals surface area contributed by atoms with Crippen LogP contribution in [0.25, 0.3) is 0 Å². The first kappa shape index (κ1) is 22.1. The second-order valence-electron chi connectivity index (χ2n) is 9.34.